The first-order valence-corrected chi connectivity index (χ1v) is 7.56. The number of nitrogens with zero attached hydrogens (tertiary/aromatic N) is 3. The summed E-state index contributed by atoms with van der Waals surface area (Å²) in [6, 6.07) is 8.11. The number of aromatic nitrogens is 1. The van der Waals surface area contributed by atoms with Gasteiger partial charge in [-0.15, -0.1) is 0 Å². The van der Waals surface area contributed by atoms with E-state index in [0.29, 0.717) is 6.54 Å². The van der Waals surface area contributed by atoms with Crippen molar-refractivity contribution < 1.29 is 9.34 Å². The first-order valence-electron chi connectivity index (χ1n) is 7.56. The largest absolute Gasteiger partial charge is 0.419 e. The molecule has 23 heavy (non-hydrogen) atoms. The van der Waals surface area contributed by atoms with Crippen molar-refractivity contribution in [3.05, 3.63) is 40.1 Å². The minimum atomic E-state index is -0.497. The molecular formula is C16H18N4O3. The van der Waals surface area contributed by atoms with Gasteiger partial charge >= 0.3 is 0 Å². The van der Waals surface area contributed by atoms with Crippen molar-refractivity contribution in [1.29, 1.82) is 5.26 Å². The van der Waals surface area contributed by atoms with Gasteiger partial charge in [0.05, 0.1) is 4.92 Å². The highest BCUT2D eigenvalue weighted by Gasteiger charge is 2.21. The lowest BCUT2D eigenvalue weighted by Crippen LogP contribution is -2.01. The fourth-order valence-corrected chi connectivity index (χ4v) is 2.20. The Morgan fingerprint density at radius 2 is 2.13 bits per heavy atom. The lowest BCUT2D eigenvalue weighted by Gasteiger charge is -2.02. The predicted octanol–water partition coefficient (Wildman–Crippen LogP) is 4.11. The lowest BCUT2D eigenvalue weighted by molar-refractivity contribution is -0.384. The number of hydrogen-bond acceptors (Lipinski definition) is 6. The van der Waals surface area contributed by atoms with E-state index in [9.17, 15) is 10.1 Å². The molecule has 0 radical (unpaired) electrons. The quantitative estimate of drug-likeness (QED) is 0.446. The Balaban J connectivity index is 2.19. The summed E-state index contributed by atoms with van der Waals surface area (Å²) in [5, 5.41) is 23.3. The molecule has 1 aromatic heterocycles. The molecule has 0 saturated carbocycles. The van der Waals surface area contributed by atoms with Gasteiger partial charge in [0.2, 0.25) is 17.5 Å². The summed E-state index contributed by atoms with van der Waals surface area (Å²) in [5.41, 5.74) is 0.259. The summed E-state index contributed by atoms with van der Waals surface area (Å²) in [6.07, 6.45) is 4.36. The van der Waals surface area contributed by atoms with Crippen molar-refractivity contribution in [2.24, 2.45) is 0 Å². The van der Waals surface area contributed by atoms with Crippen molar-refractivity contribution in [2.45, 2.75) is 32.6 Å². The first kappa shape index (κ1) is 16.5. The number of anilines is 1. The van der Waals surface area contributed by atoms with Crippen LogP contribution in [0.1, 0.15) is 38.3 Å². The van der Waals surface area contributed by atoms with Crippen LogP contribution in [0.15, 0.2) is 28.7 Å². The molecule has 0 fully saturated rings. The smallest absolute Gasteiger partial charge is 0.282 e. The Kier molecular flexibility index (Phi) is 5.69. The molecule has 0 atom stereocenters. The highest BCUT2D eigenvalue weighted by molar-refractivity contribution is 5.68. The number of nitro groups is 1. The highest BCUT2D eigenvalue weighted by atomic mass is 16.6. The van der Waals surface area contributed by atoms with Gasteiger partial charge in [-0.25, -0.2) is 0 Å². The summed E-state index contributed by atoms with van der Waals surface area (Å²) >= 11 is 0. The van der Waals surface area contributed by atoms with Crippen molar-refractivity contribution >= 4 is 11.6 Å². The van der Waals surface area contributed by atoms with Crippen molar-refractivity contribution in [3.63, 3.8) is 0 Å². The number of rotatable bonds is 8. The zero-order chi connectivity index (χ0) is 16.7. The fourth-order valence-electron chi connectivity index (χ4n) is 2.20. The number of hydrogen-bond donors (Lipinski definition) is 1. The van der Waals surface area contributed by atoms with E-state index >= 15 is 0 Å². The van der Waals surface area contributed by atoms with Gasteiger partial charge in [0, 0.05) is 12.6 Å². The first-order chi connectivity index (χ1) is 11.2. The monoisotopic (exact) mass is 314 g/mol. The van der Waals surface area contributed by atoms with E-state index in [2.05, 4.69) is 17.2 Å². The van der Waals surface area contributed by atoms with E-state index < -0.39 is 4.92 Å². The van der Waals surface area contributed by atoms with Crippen LogP contribution in [0.5, 0.6) is 0 Å². The summed E-state index contributed by atoms with van der Waals surface area (Å²) < 4.78 is 5.54. The van der Waals surface area contributed by atoms with Crippen LogP contribution >= 0.6 is 0 Å². The lowest BCUT2D eigenvalue weighted by atomic mass is 10.2. The van der Waals surface area contributed by atoms with Crippen LogP contribution < -0.4 is 5.32 Å². The molecule has 0 aliphatic carbocycles. The second kappa shape index (κ2) is 7.94. The number of nitriles is 1. The second-order valence-electron chi connectivity index (χ2n) is 5.07. The van der Waals surface area contributed by atoms with Crippen LogP contribution in [0.4, 0.5) is 11.6 Å². The van der Waals surface area contributed by atoms with Crippen LogP contribution in [0, 0.1) is 21.4 Å². The molecular weight excluding hydrogens is 296 g/mol. The Morgan fingerprint density at radius 3 is 2.83 bits per heavy atom. The van der Waals surface area contributed by atoms with Crippen molar-refractivity contribution in [1.82, 2.24) is 4.98 Å². The number of oxazole rings is 1. The van der Waals surface area contributed by atoms with Crippen molar-refractivity contribution in [3.8, 4) is 17.5 Å². The standard InChI is InChI=1S/C16H18N4O3/c1-2-3-4-7-10-18-16-13(11-17)19-15(23-16)12-8-5-6-9-14(12)20(21)22/h5-6,8-9,18H,2-4,7,10H2,1H3. The Labute approximate surface area is 134 Å². The highest BCUT2D eigenvalue weighted by Crippen LogP contribution is 2.31. The van der Waals surface area contributed by atoms with E-state index in [1.165, 1.54) is 6.07 Å². The van der Waals surface area contributed by atoms with Gasteiger partial charge in [-0.3, -0.25) is 10.1 Å². The number of nitro benzene ring substituents is 1. The summed E-state index contributed by atoms with van der Waals surface area (Å²) in [4.78, 5) is 14.6. The van der Waals surface area contributed by atoms with Gasteiger partial charge in [0.1, 0.15) is 11.6 Å². The SMILES string of the molecule is CCCCCCNc1oc(-c2ccccc2[N+](=O)[O-])nc1C#N. The maximum atomic E-state index is 11.1. The molecule has 2 aromatic rings. The Hall–Kier alpha value is -2.88. The molecule has 0 saturated heterocycles. The molecule has 0 aliphatic heterocycles. The second-order valence-corrected chi connectivity index (χ2v) is 5.07. The van der Waals surface area contributed by atoms with Gasteiger partial charge < -0.3 is 9.73 Å². The summed E-state index contributed by atoms with van der Waals surface area (Å²) in [5.74, 6) is 0.335. The number of benzene rings is 1. The molecule has 0 aliphatic rings. The van der Waals surface area contributed by atoms with Gasteiger partial charge in [-0.2, -0.15) is 10.2 Å². The molecule has 2 rings (SSSR count). The minimum Gasteiger partial charge on any atom is -0.419 e. The van der Waals surface area contributed by atoms with Gasteiger partial charge in [-0.05, 0) is 12.5 Å². The van der Waals surface area contributed by atoms with Gasteiger partial charge in [-0.1, -0.05) is 38.3 Å². The Morgan fingerprint density at radius 1 is 1.35 bits per heavy atom. The summed E-state index contributed by atoms with van der Waals surface area (Å²) in [7, 11) is 0. The van der Waals surface area contributed by atoms with Crippen molar-refractivity contribution in [2.75, 3.05) is 11.9 Å². The van der Waals surface area contributed by atoms with E-state index in [1.54, 1.807) is 18.2 Å². The molecule has 7 heteroatoms. The van der Waals surface area contributed by atoms with Crippen LogP contribution in [-0.2, 0) is 0 Å². The van der Waals surface area contributed by atoms with Gasteiger partial charge in [0.15, 0.2) is 0 Å². The average Bonchev–Trinajstić information content (AvgIpc) is 2.97. The molecule has 1 aromatic carbocycles. The van der Waals surface area contributed by atoms with Crippen LogP contribution in [0.2, 0.25) is 0 Å². The molecule has 1 N–H and O–H groups in total. The fraction of sp³-hybridized carbons (Fsp3) is 0.375. The average molecular weight is 314 g/mol. The molecule has 7 nitrogen and oxygen atoms in total. The number of unbranched alkanes of at least 4 members (excludes halogenated alkanes) is 3. The topological polar surface area (TPSA) is 105 Å². The molecule has 0 amide bonds. The zero-order valence-corrected chi connectivity index (χ0v) is 12.9. The van der Waals surface area contributed by atoms with Crippen LogP contribution in [-0.4, -0.2) is 16.5 Å². The molecule has 0 bridgehead atoms. The predicted molar refractivity (Wildman–Crippen MR) is 85.9 cm³/mol. The van der Waals surface area contributed by atoms with E-state index in [-0.39, 0.29) is 28.7 Å². The maximum absolute atomic E-state index is 11.1. The molecule has 1 heterocycles. The number of nitrogens with one attached hydrogen (secondary N) is 1. The molecule has 0 unspecified atom stereocenters. The molecule has 0 spiro atoms. The normalized spacial score (nSPS) is 10.3. The van der Waals surface area contributed by atoms with Crippen LogP contribution in [0.3, 0.4) is 0 Å². The molecule has 120 valence electrons. The number of para-hydroxylation sites is 1. The third-order valence-electron chi connectivity index (χ3n) is 3.38. The third-order valence-corrected chi connectivity index (χ3v) is 3.38. The third kappa shape index (κ3) is 4.07. The van der Waals surface area contributed by atoms with Crippen LogP contribution in [0.25, 0.3) is 11.5 Å². The minimum absolute atomic E-state index is 0.0740. The Bertz CT molecular complexity index is 718. The van der Waals surface area contributed by atoms with Gasteiger partial charge in [0.25, 0.3) is 5.69 Å². The maximum Gasteiger partial charge on any atom is 0.282 e. The zero-order valence-electron chi connectivity index (χ0n) is 12.9. The summed E-state index contributed by atoms with van der Waals surface area (Å²) in [6.45, 7) is 2.80. The van der Waals surface area contributed by atoms with E-state index in [1.807, 2.05) is 6.07 Å². The van der Waals surface area contributed by atoms with E-state index in [4.69, 9.17) is 9.68 Å². The van der Waals surface area contributed by atoms with E-state index in [0.717, 1.165) is 25.7 Å².